The van der Waals surface area contributed by atoms with Crippen LogP contribution in [0.3, 0.4) is 0 Å². The Morgan fingerprint density at radius 1 is 1.29 bits per heavy atom. The molecule has 6 nitrogen and oxygen atoms in total. The molecule has 3 rings (SSSR count). The molecular formula is C17H19BrN4O2. The van der Waals surface area contributed by atoms with Gasteiger partial charge >= 0.3 is 0 Å². The van der Waals surface area contributed by atoms with E-state index in [1.54, 1.807) is 6.07 Å². The van der Waals surface area contributed by atoms with Crippen LogP contribution in [0.4, 0.5) is 0 Å². The van der Waals surface area contributed by atoms with Crippen LogP contribution in [0.5, 0.6) is 5.75 Å². The number of aromatic nitrogens is 4. The average molecular weight is 391 g/mol. The van der Waals surface area contributed by atoms with Gasteiger partial charge in [0.25, 0.3) is 0 Å². The Balaban J connectivity index is 1.84. The highest BCUT2D eigenvalue weighted by atomic mass is 79.9. The minimum absolute atomic E-state index is 0.114. The van der Waals surface area contributed by atoms with Crippen LogP contribution < -0.4 is 9.47 Å². The Bertz CT molecular complexity index is 871. The van der Waals surface area contributed by atoms with E-state index in [1.165, 1.54) is 12.4 Å². The fraction of sp³-hybridized carbons (Fsp3) is 0.353. The van der Waals surface area contributed by atoms with Crippen LogP contribution in [0.15, 0.2) is 41.1 Å². The van der Waals surface area contributed by atoms with Crippen LogP contribution in [-0.2, 0) is 13.2 Å². The Labute approximate surface area is 148 Å². The molecule has 0 N–H and O–H groups in total. The summed E-state index contributed by atoms with van der Waals surface area (Å²) < 4.78 is 9.25. The molecule has 0 unspecified atom stereocenters. The minimum atomic E-state index is 0.114. The number of nitrogens with zero attached hydrogens (tertiary/aromatic N) is 4. The first-order valence-corrected chi connectivity index (χ1v) is 8.45. The molecule has 0 fully saturated rings. The number of hydrogen-bond donors (Lipinski definition) is 0. The summed E-state index contributed by atoms with van der Waals surface area (Å²) in [5.74, 6) is 0.673. The van der Waals surface area contributed by atoms with Crippen molar-refractivity contribution in [1.82, 2.24) is 15.0 Å². The summed E-state index contributed by atoms with van der Waals surface area (Å²) in [6.07, 6.45) is 2.94. The van der Waals surface area contributed by atoms with Crippen LogP contribution in [0, 0.1) is 10.6 Å². The lowest BCUT2D eigenvalue weighted by atomic mass is 9.97. The van der Waals surface area contributed by atoms with Crippen LogP contribution >= 0.6 is 15.9 Å². The maximum atomic E-state index is 11.3. The van der Waals surface area contributed by atoms with Gasteiger partial charge in [0.1, 0.15) is 17.9 Å². The van der Waals surface area contributed by atoms with E-state index in [1.807, 2.05) is 22.9 Å². The van der Waals surface area contributed by atoms with Gasteiger partial charge in [-0.05, 0) is 39.5 Å². The first-order valence-electron chi connectivity index (χ1n) is 7.66. The lowest BCUT2D eigenvalue weighted by Gasteiger charge is -2.18. The largest absolute Gasteiger partial charge is 0.619 e. The predicted molar refractivity (Wildman–Crippen MR) is 94.4 cm³/mol. The molecule has 2 heterocycles. The van der Waals surface area contributed by atoms with Crippen LogP contribution in [0.2, 0.25) is 0 Å². The third kappa shape index (κ3) is 3.67. The predicted octanol–water partition coefficient (Wildman–Crippen LogP) is 3.45. The standard InChI is InChI=1S/C17H19BrN4O2/c1-17(2,3)11-22-13-6-7-14(15(18)16(13)19-20-22)24-10-12-5-4-8-21(23)9-12/h4-9H,10-11H2,1-3H3. The molecule has 1 aromatic carbocycles. The quantitative estimate of drug-likeness (QED) is 0.505. The van der Waals surface area contributed by atoms with Gasteiger partial charge in [0, 0.05) is 12.6 Å². The lowest BCUT2D eigenvalue weighted by molar-refractivity contribution is -0.606. The minimum Gasteiger partial charge on any atom is -0.619 e. The van der Waals surface area contributed by atoms with Crippen molar-refractivity contribution in [2.75, 3.05) is 0 Å². The topological polar surface area (TPSA) is 66.9 Å². The van der Waals surface area contributed by atoms with E-state index in [4.69, 9.17) is 4.74 Å². The summed E-state index contributed by atoms with van der Waals surface area (Å²) in [7, 11) is 0. The monoisotopic (exact) mass is 390 g/mol. The second-order valence-electron chi connectivity index (χ2n) is 6.91. The van der Waals surface area contributed by atoms with Gasteiger partial charge < -0.3 is 9.94 Å². The van der Waals surface area contributed by atoms with Gasteiger partial charge in [-0.1, -0.05) is 26.0 Å². The first kappa shape index (κ1) is 16.7. The number of ether oxygens (including phenoxy) is 1. The molecule has 0 radical (unpaired) electrons. The number of hydrogen-bond acceptors (Lipinski definition) is 4. The Morgan fingerprint density at radius 2 is 2.08 bits per heavy atom. The van der Waals surface area contributed by atoms with Gasteiger partial charge in [0.2, 0.25) is 0 Å². The zero-order chi connectivity index (χ0) is 17.3. The smallest absolute Gasteiger partial charge is 0.186 e. The molecule has 0 amide bonds. The maximum absolute atomic E-state index is 11.3. The average Bonchev–Trinajstić information content (AvgIpc) is 2.89. The Morgan fingerprint density at radius 3 is 2.79 bits per heavy atom. The molecule has 0 aliphatic rings. The number of rotatable bonds is 4. The number of benzene rings is 1. The summed E-state index contributed by atoms with van der Waals surface area (Å²) in [6, 6.07) is 7.39. The third-order valence-corrected chi connectivity index (χ3v) is 4.21. The summed E-state index contributed by atoms with van der Waals surface area (Å²) in [6.45, 7) is 7.58. The molecule has 0 bridgehead atoms. The van der Waals surface area contributed by atoms with Crippen LogP contribution in [0.25, 0.3) is 11.0 Å². The third-order valence-electron chi connectivity index (χ3n) is 3.45. The Kier molecular flexibility index (Phi) is 4.45. The summed E-state index contributed by atoms with van der Waals surface area (Å²) in [5, 5.41) is 19.8. The molecule has 2 aromatic heterocycles. The molecule has 3 aromatic rings. The molecule has 0 atom stereocenters. The van der Waals surface area contributed by atoms with E-state index in [0.29, 0.717) is 12.4 Å². The van der Waals surface area contributed by atoms with Gasteiger partial charge in [-0.3, -0.25) is 0 Å². The maximum Gasteiger partial charge on any atom is 0.186 e. The van der Waals surface area contributed by atoms with Gasteiger partial charge in [-0.2, -0.15) is 4.73 Å². The van der Waals surface area contributed by atoms with Crippen molar-refractivity contribution in [3.8, 4) is 5.75 Å². The molecule has 0 saturated carbocycles. The van der Waals surface area contributed by atoms with Gasteiger partial charge in [-0.15, -0.1) is 5.10 Å². The van der Waals surface area contributed by atoms with Crippen molar-refractivity contribution < 1.29 is 9.47 Å². The van der Waals surface area contributed by atoms with Crippen LogP contribution in [-0.4, -0.2) is 15.0 Å². The van der Waals surface area contributed by atoms with Crippen molar-refractivity contribution >= 4 is 27.0 Å². The van der Waals surface area contributed by atoms with E-state index in [-0.39, 0.29) is 5.41 Å². The fourth-order valence-corrected chi connectivity index (χ4v) is 2.94. The highest BCUT2D eigenvalue weighted by molar-refractivity contribution is 9.10. The second kappa shape index (κ2) is 6.39. The van der Waals surface area contributed by atoms with E-state index in [2.05, 4.69) is 47.0 Å². The van der Waals surface area contributed by atoms with Crippen molar-refractivity contribution in [1.29, 1.82) is 0 Å². The second-order valence-corrected chi connectivity index (χ2v) is 7.71. The fourth-order valence-electron chi connectivity index (χ4n) is 2.41. The zero-order valence-corrected chi connectivity index (χ0v) is 15.4. The zero-order valence-electron chi connectivity index (χ0n) is 13.9. The Hall–Kier alpha value is -2.15. The number of pyridine rings is 1. The molecule has 0 aliphatic carbocycles. The van der Waals surface area contributed by atoms with E-state index >= 15 is 0 Å². The van der Waals surface area contributed by atoms with Crippen molar-refractivity contribution in [3.05, 3.63) is 51.9 Å². The summed E-state index contributed by atoms with van der Waals surface area (Å²) in [5.41, 5.74) is 2.64. The lowest BCUT2D eigenvalue weighted by Crippen LogP contribution is -2.25. The summed E-state index contributed by atoms with van der Waals surface area (Å²) in [4.78, 5) is 0. The molecule has 0 spiro atoms. The number of fused-ring (bicyclic) bond motifs is 1. The molecule has 7 heteroatoms. The van der Waals surface area contributed by atoms with E-state index in [9.17, 15) is 5.21 Å². The first-order chi connectivity index (χ1) is 11.3. The van der Waals surface area contributed by atoms with E-state index in [0.717, 1.165) is 32.3 Å². The van der Waals surface area contributed by atoms with Gasteiger partial charge in [0.05, 0.1) is 15.6 Å². The molecule has 24 heavy (non-hydrogen) atoms. The van der Waals surface area contributed by atoms with Crippen LogP contribution in [0.1, 0.15) is 26.3 Å². The summed E-state index contributed by atoms with van der Waals surface area (Å²) >= 11 is 3.56. The molecule has 0 aliphatic heterocycles. The van der Waals surface area contributed by atoms with Crippen molar-refractivity contribution in [3.63, 3.8) is 0 Å². The highest BCUT2D eigenvalue weighted by Crippen LogP contribution is 2.33. The SMILES string of the molecule is CC(C)(C)Cn1nnc2c(Br)c(OCc3ccc[n+]([O-])c3)ccc21. The van der Waals surface area contributed by atoms with E-state index < -0.39 is 0 Å². The molecular weight excluding hydrogens is 372 g/mol. The van der Waals surface area contributed by atoms with Gasteiger partial charge in [0.15, 0.2) is 12.4 Å². The molecule has 126 valence electrons. The van der Waals surface area contributed by atoms with Gasteiger partial charge in [-0.25, -0.2) is 4.68 Å². The van der Waals surface area contributed by atoms with Crippen molar-refractivity contribution in [2.24, 2.45) is 5.41 Å². The highest BCUT2D eigenvalue weighted by Gasteiger charge is 2.17. The number of halogens is 1. The molecule has 0 saturated heterocycles. The van der Waals surface area contributed by atoms with Crippen molar-refractivity contribution in [2.45, 2.75) is 33.9 Å². The normalized spacial score (nSPS) is 11.8.